The third-order valence-electron chi connectivity index (χ3n) is 4.53. The van der Waals surface area contributed by atoms with Gasteiger partial charge in [-0.15, -0.1) is 0 Å². The highest BCUT2D eigenvalue weighted by Gasteiger charge is 2.28. The molecule has 1 aromatic carbocycles. The lowest BCUT2D eigenvalue weighted by Crippen LogP contribution is -2.45. The Kier molecular flexibility index (Phi) is 7.09. The van der Waals surface area contributed by atoms with Gasteiger partial charge in [0.25, 0.3) is 0 Å². The molecule has 148 valence electrons. The van der Waals surface area contributed by atoms with Gasteiger partial charge in [-0.05, 0) is 18.9 Å². The Bertz CT molecular complexity index is 690. The van der Waals surface area contributed by atoms with Gasteiger partial charge >= 0.3 is 12.6 Å². The lowest BCUT2D eigenvalue weighted by atomic mass is 9.97. The van der Waals surface area contributed by atoms with Gasteiger partial charge in [-0.25, -0.2) is 0 Å². The summed E-state index contributed by atoms with van der Waals surface area (Å²) in [6.45, 7) is -2.48. The number of nitrogens with zero attached hydrogens (tertiary/aromatic N) is 2. The summed E-state index contributed by atoms with van der Waals surface area (Å²) < 4.78 is 29.3. The monoisotopic (exact) mass is 384 g/mol. The van der Waals surface area contributed by atoms with Crippen molar-refractivity contribution in [2.45, 2.75) is 25.9 Å². The summed E-state index contributed by atoms with van der Waals surface area (Å²) in [7, 11) is 1.46. The van der Waals surface area contributed by atoms with Crippen LogP contribution in [0, 0.1) is 5.92 Å². The molecule has 9 heteroatoms. The van der Waals surface area contributed by atoms with Crippen LogP contribution in [-0.4, -0.2) is 66.0 Å². The zero-order valence-electron chi connectivity index (χ0n) is 14.9. The number of rotatable bonds is 7. The van der Waals surface area contributed by atoms with Crippen molar-refractivity contribution in [3.8, 4) is 5.75 Å². The van der Waals surface area contributed by atoms with Crippen molar-refractivity contribution in [2.75, 3.05) is 26.7 Å². The molecule has 0 aliphatic carbocycles. The summed E-state index contributed by atoms with van der Waals surface area (Å²) in [6.07, 6.45) is 0.599. The minimum absolute atomic E-state index is 0.0729. The number of likely N-dealkylation sites (N-methyl/N-ethyl adjacent to an activating group) is 1. The van der Waals surface area contributed by atoms with E-state index in [0.29, 0.717) is 31.5 Å². The molecule has 1 fully saturated rings. The molecule has 0 aromatic heterocycles. The molecule has 2 amide bonds. The maximum atomic E-state index is 12.4. The number of benzene rings is 1. The summed E-state index contributed by atoms with van der Waals surface area (Å²) in [6, 6.07) is 6.01. The summed E-state index contributed by atoms with van der Waals surface area (Å²) >= 11 is 0. The third-order valence-corrected chi connectivity index (χ3v) is 4.53. The molecule has 0 atom stereocenters. The lowest BCUT2D eigenvalue weighted by Gasteiger charge is -2.31. The zero-order valence-corrected chi connectivity index (χ0v) is 14.9. The molecular formula is C18H22F2N2O5. The predicted octanol–water partition coefficient (Wildman–Crippen LogP) is 1.61. The Labute approximate surface area is 155 Å². The van der Waals surface area contributed by atoms with E-state index in [2.05, 4.69) is 4.74 Å². The van der Waals surface area contributed by atoms with E-state index in [-0.39, 0.29) is 24.6 Å². The molecule has 2 rings (SSSR count). The minimum Gasteiger partial charge on any atom is -0.481 e. The maximum absolute atomic E-state index is 12.4. The van der Waals surface area contributed by atoms with Crippen LogP contribution in [0.15, 0.2) is 24.3 Å². The van der Waals surface area contributed by atoms with Gasteiger partial charge in [-0.2, -0.15) is 8.78 Å². The van der Waals surface area contributed by atoms with E-state index in [1.54, 1.807) is 6.07 Å². The molecular weight excluding hydrogens is 362 g/mol. The average Bonchev–Trinajstić information content (AvgIpc) is 2.62. The van der Waals surface area contributed by atoms with Crippen LogP contribution >= 0.6 is 0 Å². The largest absolute Gasteiger partial charge is 0.481 e. The molecule has 1 aliphatic heterocycles. The standard InChI is InChI=1S/C18H22F2N2O5/c1-21(11-16(24)22-8-6-12(7-9-22)17(25)26)15(23)10-13-4-2-3-5-14(13)27-18(19)20/h2-5,12,18H,6-11H2,1H3,(H,25,26). The van der Waals surface area contributed by atoms with Crippen LogP contribution in [0.2, 0.25) is 0 Å². The Morgan fingerprint density at radius 1 is 1.26 bits per heavy atom. The van der Waals surface area contributed by atoms with Crippen molar-refractivity contribution in [1.82, 2.24) is 9.80 Å². The van der Waals surface area contributed by atoms with Gasteiger partial charge in [0.2, 0.25) is 11.8 Å². The first-order valence-electron chi connectivity index (χ1n) is 8.55. The molecule has 0 bridgehead atoms. The predicted molar refractivity (Wildman–Crippen MR) is 91.4 cm³/mol. The van der Waals surface area contributed by atoms with Crippen LogP contribution < -0.4 is 4.74 Å². The van der Waals surface area contributed by atoms with Gasteiger partial charge in [0.1, 0.15) is 5.75 Å². The number of piperidine rings is 1. The molecule has 0 unspecified atom stereocenters. The smallest absolute Gasteiger partial charge is 0.387 e. The molecule has 1 heterocycles. The molecule has 27 heavy (non-hydrogen) atoms. The number of amides is 2. The van der Waals surface area contributed by atoms with Crippen molar-refractivity contribution < 1.29 is 33.0 Å². The number of carbonyl (C=O) groups excluding carboxylic acids is 2. The number of carbonyl (C=O) groups is 3. The van der Waals surface area contributed by atoms with Gasteiger partial charge < -0.3 is 19.6 Å². The number of aliphatic carboxylic acids is 1. The number of carboxylic acids is 1. The number of carboxylic acid groups (broad SMARTS) is 1. The van der Waals surface area contributed by atoms with Gasteiger partial charge in [0.05, 0.1) is 18.9 Å². The van der Waals surface area contributed by atoms with Crippen molar-refractivity contribution in [2.24, 2.45) is 5.92 Å². The molecule has 1 saturated heterocycles. The van der Waals surface area contributed by atoms with E-state index in [9.17, 15) is 23.2 Å². The van der Waals surface area contributed by atoms with Gasteiger partial charge in [0, 0.05) is 25.7 Å². The number of hydrogen-bond donors (Lipinski definition) is 1. The summed E-state index contributed by atoms with van der Waals surface area (Å²) in [4.78, 5) is 38.4. The van der Waals surface area contributed by atoms with Crippen LogP contribution in [0.3, 0.4) is 0 Å². The number of para-hydroxylation sites is 1. The van der Waals surface area contributed by atoms with Crippen molar-refractivity contribution in [3.05, 3.63) is 29.8 Å². The van der Waals surface area contributed by atoms with Crippen LogP contribution in [0.25, 0.3) is 0 Å². The fourth-order valence-electron chi connectivity index (χ4n) is 2.93. The Morgan fingerprint density at radius 2 is 1.89 bits per heavy atom. The number of halogens is 2. The van der Waals surface area contributed by atoms with E-state index in [1.807, 2.05) is 0 Å². The van der Waals surface area contributed by atoms with Gasteiger partial charge in [-0.1, -0.05) is 18.2 Å². The van der Waals surface area contributed by atoms with E-state index >= 15 is 0 Å². The second kappa shape index (κ2) is 9.29. The number of alkyl halides is 2. The summed E-state index contributed by atoms with van der Waals surface area (Å²) in [5.41, 5.74) is 0.310. The first-order chi connectivity index (χ1) is 12.8. The number of hydrogen-bond acceptors (Lipinski definition) is 4. The summed E-state index contributed by atoms with van der Waals surface area (Å²) in [5.74, 6) is -2.06. The maximum Gasteiger partial charge on any atom is 0.387 e. The first kappa shape index (κ1) is 20.6. The van der Waals surface area contributed by atoms with E-state index in [1.165, 1.54) is 35.0 Å². The Balaban J connectivity index is 1.89. The molecule has 1 aromatic rings. The zero-order chi connectivity index (χ0) is 20.0. The minimum atomic E-state index is -2.99. The highest BCUT2D eigenvalue weighted by molar-refractivity contribution is 5.86. The summed E-state index contributed by atoms with van der Waals surface area (Å²) in [5, 5.41) is 8.98. The fourth-order valence-corrected chi connectivity index (χ4v) is 2.93. The van der Waals surface area contributed by atoms with Crippen molar-refractivity contribution in [1.29, 1.82) is 0 Å². The first-order valence-corrected chi connectivity index (χ1v) is 8.55. The third kappa shape index (κ3) is 5.90. The molecule has 7 nitrogen and oxygen atoms in total. The van der Waals surface area contributed by atoms with Crippen LogP contribution in [0.4, 0.5) is 8.78 Å². The topological polar surface area (TPSA) is 87.2 Å². The Morgan fingerprint density at radius 3 is 2.48 bits per heavy atom. The van der Waals surface area contributed by atoms with E-state index in [4.69, 9.17) is 5.11 Å². The molecule has 0 saturated carbocycles. The molecule has 0 spiro atoms. The van der Waals surface area contributed by atoms with Crippen LogP contribution in [-0.2, 0) is 20.8 Å². The van der Waals surface area contributed by atoms with Gasteiger partial charge in [0.15, 0.2) is 0 Å². The average molecular weight is 384 g/mol. The molecule has 1 aliphatic rings. The SMILES string of the molecule is CN(CC(=O)N1CCC(C(=O)O)CC1)C(=O)Cc1ccccc1OC(F)F. The second-order valence-electron chi connectivity index (χ2n) is 6.41. The second-order valence-corrected chi connectivity index (χ2v) is 6.41. The highest BCUT2D eigenvalue weighted by atomic mass is 19.3. The van der Waals surface area contributed by atoms with E-state index < -0.39 is 24.4 Å². The fraction of sp³-hybridized carbons (Fsp3) is 0.500. The quantitative estimate of drug-likeness (QED) is 0.772. The van der Waals surface area contributed by atoms with Crippen LogP contribution in [0.5, 0.6) is 5.75 Å². The lowest BCUT2D eigenvalue weighted by molar-refractivity contribution is -0.146. The molecule has 0 radical (unpaired) electrons. The van der Waals surface area contributed by atoms with Crippen molar-refractivity contribution in [3.63, 3.8) is 0 Å². The Hall–Kier alpha value is -2.71. The van der Waals surface area contributed by atoms with E-state index in [0.717, 1.165) is 0 Å². The molecule has 1 N–H and O–H groups in total. The normalized spacial score (nSPS) is 14.9. The van der Waals surface area contributed by atoms with Crippen LogP contribution in [0.1, 0.15) is 18.4 Å². The number of likely N-dealkylation sites (tertiary alicyclic amines) is 1. The highest BCUT2D eigenvalue weighted by Crippen LogP contribution is 2.21. The number of ether oxygens (including phenoxy) is 1. The van der Waals surface area contributed by atoms with Gasteiger partial charge in [-0.3, -0.25) is 14.4 Å². The van der Waals surface area contributed by atoms with Crippen molar-refractivity contribution >= 4 is 17.8 Å².